The molecule has 0 bridgehead atoms. The number of hydrogen-bond acceptors (Lipinski definition) is 4. The zero-order chi connectivity index (χ0) is 17.4. The molecule has 0 aliphatic carbocycles. The normalized spacial score (nSPS) is 17.2. The predicted molar refractivity (Wildman–Crippen MR) is 100 cm³/mol. The van der Waals surface area contributed by atoms with E-state index in [0.29, 0.717) is 28.7 Å². The van der Waals surface area contributed by atoms with E-state index in [0.717, 1.165) is 10.2 Å². The second-order valence-electron chi connectivity index (χ2n) is 5.77. The molecule has 0 saturated carbocycles. The predicted octanol–water partition coefficient (Wildman–Crippen LogP) is 4.08. The molecule has 0 unspecified atom stereocenters. The second-order valence-corrected chi connectivity index (χ2v) is 7.24. The van der Waals surface area contributed by atoms with E-state index in [9.17, 15) is 9.59 Å². The number of halogens is 1. The summed E-state index contributed by atoms with van der Waals surface area (Å²) in [5.41, 5.74) is 1.52. The van der Waals surface area contributed by atoms with Crippen LogP contribution in [0.25, 0.3) is 10.2 Å². The molecule has 1 saturated heterocycles. The number of rotatable bonds is 3. The molecule has 4 rings (SSSR count). The number of thiazole rings is 1. The summed E-state index contributed by atoms with van der Waals surface area (Å²) in [4.78, 5) is 30.9. The standard InChI is InChI=1S/C18H14ClN3O2S/c19-11-5-7-12(8-6-11)22-14(9-10-16(22)23)17(24)21-18-20-13-3-1-2-4-15(13)25-18/h1-8,14H,9-10H2,(H,20,21,24)/t14-/m0/s1. The van der Waals surface area contributed by atoms with Crippen molar-refractivity contribution in [3.63, 3.8) is 0 Å². The lowest BCUT2D eigenvalue weighted by Gasteiger charge is -2.23. The molecule has 2 aromatic carbocycles. The molecule has 0 spiro atoms. The Kier molecular flexibility index (Phi) is 4.15. The number of fused-ring (bicyclic) bond motifs is 1. The minimum atomic E-state index is -0.541. The van der Waals surface area contributed by atoms with E-state index in [1.807, 2.05) is 24.3 Å². The highest BCUT2D eigenvalue weighted by atomic mass is 35.5. The molecular formula is C18H14ClN3O2S. The third kappa shape index (κ3) is 3.10. The third-order valence-electron chi connectivity index (χ3n) is 4.14. The van der Waals surface area contributed by atoms with Crippen LogP contribution in [-0.2, 0) is 9.59 Å². The zero-order valence-corrected chi connectivity index (χ0v) is 14.7. The van der Waals surface area contributed by atoms with Crippen LogP contribution in [0.3, 0.4) is 0 Å². The van der Waals surface area contributed by atoms with Gasteiger partial charge in [-0.3, -0.25) is 14.5 Å². The molecule has 25 heavy (non-hydrogen) atoms. The van der Waals surface area contributed by atoms with Gasteiger partial charge in [-0.25, -0.2) is 4.98 Å². The minimum absolute atomic E-state index is 0.0632. The summed E-state index contributed by atoms with van der Waals surface area (Å²) in [6.07, 6.45) is 0.832. The highest BCUT2D eigenvalue weighted by Gasteiger charge is 2.37. The van der Waals surface area contributed by atoms with E-state index in [-0.39, 0.29) is 11.8 Å². The Morgan fingerprint density at radius 1 is 1.20 bits per heavy atom. The Morgan fingerprint density at radius 2 is 1.96 bits per heavy atom. The summed E-state index contributed by atoms with van der Waals surface area (Å²) in [6.45, 7) is 0. The monoisotopic (exact) mass is 371 g/mol. The minimum Gasteiger partial charge on any atom is -0.300 e. The number of nitrogens with zero attached hydrogens (tertiary/aromatic N) is 2. The third-order valence-corrected chi connectivity index (χ3v) is 5.35. The van der Waals surface area contributed by atoms with Crippen LogP contribution in [0.15, 0.2) is 48.5 Å². The number of carbonyl (C=O) groups excluding carboxylic acids is 2. The van der Waals surface area contributed by atoms with Gasteiger partial charge in [0.05, 0.1) is 10.2 Å². The SMILES string of the molecule is O=C(Nc1nc2ccccc2s1)[C@@H]1CCC(=O)N1c1ccc(Cl)cc1. The summed E-state index contributed by atoms with van der Waals surface area (Å²) in [6, 6.07) is 14.1. The molecule has 2 heterocycles. The van der Waals surface area contributed by atoms with Crippen LogP contribution in [0.4, 0.5) is 10.8 Å². The molecule has 1 aliphatic heterocycles. The molecule has 1 aliphatic rings. The Balaban J connectivity index is 1.57. The van der Waals surface area contributed by atoms with Crippen molar-refractivity contribution in [3.8, 4) is 0 Å². The van der Waals surface area contributed by atoms with E-state index in [1.165, 1.54) is 11.3 Å². The lowest BCUT2D eigenvalue weighted by Crippen LogP contribution is -2.41. The first kappa shape index (κ1) is 16.1. The Hall–Kier alpha value is -2.44. The topological polar surface area (TPSA) is 62.3 Å². The van der Waals surface area contributed by atoms with Gasteiger partial charge >= 0.3 is 0 Å². The van der Waals surface area contributed by atoms with Crippen molar-refractivity contribution in [3.05, 3.63) is 53.6 Å². The van der Waals surface area contributed by atoms with E-state index in [2.05, 4.69) is 10.3 Å². The number of amides is 2. The summed E-state index contributed by atoms with van der Waals surface area (Å²) >= 11 is 7.33. The van der Waals surface area contributed by atoms with Crippen molar-refractivity contribution in [2.75, 3.05) is 10.2 Å². The van der Waals surface area contributed by atoms with E-state index < -0.39 is 6.04 Å². The van der Waals surface area contributed by atoms with Crippen LogP contribution < -0.4 is 10.2 Å². The molecule has 5 nitrogen and oxygen atoms in total. The maximum atomic E-state index is 12.7. The fraction of sp³-hybridized carbons (Fsp3) is 0.167. The van der Waals surface area contributed by atoms with Crippen LogP contribution in [0.2, 0.25) is 5.02 Å². The van der Waals surface area contributed by atoms with Gasteiger partial charge in [-0.2, -0.15) is 0 Å². The number of benzene rings is 2. The van der Waals surface area contributed by atoms with Crippen LogP contribution in [0, 0.1) is 0 Å². The van der Waals surface area contributed by atoms with Crippen molar-refractivity contribution >= 4 is 55.8 Å². The van der Waals surface area contributed by atoms with Gasteiger partial charge in [0.15, 0.2) is 5.13 Å². The maximum Gasteiger partial charge on any atom is 0.249 e. The average molecular weight is 372 g/mol. The maximum absolute atomic E-state index is 12.7. The number of aromatic nitrogens is 1. The van der Waals surface area contributed by atoms with E-state index >= 15 is 0 Å². The highest BCUT2D eigenvalue weighted by molar-refractivity contribution is 7.22. The van der Waals surface area contributed by atoms with Gasteiger partial charge in [0, 0.05) is 17.1 Å². The molecule has 1 aromatic heterocycles. The number of hydrogen-bond donors (Lipinski definition) is 1. The van der Waals surface area contributed by atoms with Crippen molar-refractivity contribution in [1.29, 1.82) is 0 Å². The number of para-hydroxylation sites is 1. The molecule has 1 N–H and O–H groups in total. The Morgan fingerprint density at radius 3 is 2.72 bits per heavy atom. The molecule has 1 fully saturated rings. The molecule has 7 heteroatoms. The summed E-state index contributed by atoms with van der Waals surface area (Å²) in [7, 11) is 0. The van der Waals surface area contributed by atoms with Crippen LogP contribution in [0.1, 0.15) is 12.8 Å². The van der Waals surface area contributed by atoms with E-state index in [1.54, 1.807) is 29.2 Å². The quantitative estimate of drug-likeness (QED) is 0.754. The van der Waals surface area contributed by atoms with Gasteiger partial charge in [-0.15, -0.1) is 0 Å². The van der Waals surface area contributed by atoms with Crippen molar-refractivity contribution in [2.24, 2.45) is 0 Å². The Bertz CT molecular complexity index is 921. The van der Waals surface area contributed by atoms with Crippen molar-refractivity contribution in [2.45, 2.75) is 18.9 Å². The van der Waals surface area contributed by atoms with Gasteiger partial charge in [0.2, 0.25) is 11.8 Å². The molecule has 3 aromatic rings. The fourth-order valence-corrected chi connectivity index (χ4v) is 3.97. The first-order valence-corrected chi connectivity index (χ1v) is 9.05. The lowest BCUT2D eigenvalue weighted by atomic mass is 10.2. The first-order valence-electron chi connectivity index (χ1n) is 7.86. The van der Waals surface area contributed by atoms with Crippen LogP contribution >= 0.6 is 22.9 Å². The Labute approximate surface area is 153 Å². The largest absolute Gasteiger partial charge is 0.300 e. The van der Waals surface area contributed by atoms with Crippen LogP contribution in [0.5, 0.6) is 0 Å². The summed E-state index contributed by atoms with van der Waals surface area (Å²) in [5, 5.41) is 3.99. The molecule has 126 valence electrons. The van der Waals surface area contributed by atoms with Gasteiger partial charge in [0.1, 0.15) is 6.04 Å². The zero-order valence-electron chi connectivity index (χ0n) is 13.1. The average Bonchev–Trinajstić information content (AvgIpc) is 3.18. The molecule has 1 atom stereocenters. The number of carbonyl (C=O) groups is 2. The van der Waals surface area contributed by atoms with Gasteiger partial charge in [0.25, 0.3) is 0 Å². The fourth-order valence-electron chi connectivity index (χ4n) is 2.97. The summed E-state index contributed by atoms with van der Waals surface area (Å²) in [5.74, 6) is -0.286. The number of nitrogens with one attached hydrogen (secondary N) is 1. The van der Waals surface area contributed by atoms with Gasteiger partial charge in [-0.1, -0.05) is 35.1 Å². The molecule has 2 amide bonds. The van der Waals surface area contributed by atoms with Crippen molar-refractivity contribution in [1.82, 2.24) is 4.98 Å². The highest BCUT2D eigenvalue weighted by Crippen LogP contribution is 2.30. The van der Waals surface area contributed by atoms with Gasteiger partial charge < -0.3 is 5.32 Å². The molecular weight excluding hydrogens is 358 g/mol. The number of anilines is 2. The molecule has 0 radical (unpaired) electrons. The van der Waals surface area contributed by atoms with Crippen LogP contribution in [-0.4, -0.2) is 22.8 Å². The first-order chi connectivity index (χ1) is 12.1. The van der Waals surface area contributed by atoms with Gasteiger partial charge in [-0.05, 0) is 42.8 Å². The summed E-state index contributed by atoms with van der Waals surface area (Å²) < 4.78 is 1.01. The second kappa shape index (κ2) is 6.46. The van der Waals surface area contributed by atoms with E-state index in [4.69, 9.17) is 11.6 Å². The smallest absolute Gasteiger partial charge is 0.249 e. The lowest BCUT2D eigenvalue weighted by molar-refractivity contribution is -0.120. The van der Waals surface area contributed by atoms with Crippen molar-refractivity contribution < 1.29 is 9.59 Å².